The number of rotatable bonds is 3. The number of hydrogen-bond donors (Lipinski definition) is 0. The predicted octanol–water partition coefficient (Wildman–Crippen LogP) is 3.21. The number of ketones is 1. The first kappa shape index (κ1) is 14.1. The van der Waals surface area contributed by atoms with Crippen LogP contribution < -0.4 is 0 Å². The van der Waals surface area contributed by atoms with Crippen molar-refractivity contribution in [2.24, 2.45) is 7.05 Å². The summed E-state index contributed by atoms with van der Waals surface area (Å²) in [6, 6.07) is 3.83. The number of aromatic nitrogens is 2. The maximum Gasteiger partial charge on any atom is 0.189 e. The average molecular weight is 276 g/mol. The molecule has 3 nitrogen and oxygen atoms in total. The average Bonchev–Trinajstić information content (AvgIpc) is 2.65. The van der Waals surface area contributed by atoms with Gasteiger partial charge in [0, 0.05) is 18.3 Å². The second-order valence-electron chi connectivity index (χ2n) is 4.51. The SMILES string of the molecule is Cc1nn(C)c(C)c1C(=O)/C=C/c1cccc(F)c1F. The molecule has 2 aromatic rings. The summed E-state index contributed by atoms with van der Waals surface area (Å²) < 4.78 is 28.1. The van der Waals surface area contributed by atoms with Gasteiger partial charge in [-0.05, 0) is 32.1 Å². The van der Waals surface area contributed by atoms with Crippen molar-refractivity contribution < 1.29 is 13.6 Å². The maximum atomic E-state index is 13.5. The lowest BCUT2D eigenvalue weighted by Crippen LogP contribution is -1.99. The van der Waals surface area contributed by atoms with Crippen LogP contribution in [0.1, 0.15) is 27.3 Å². The number of nitrogens with zero attached hydrogens (tertiary/aromatic N) is 2. The first-order chi connectivity index (χ1) is 9.41. The lowest BCUT2D eigenvalue weighted by Gasteiger charge is -1.99. The van der Waals surface area contributed by atoms with E-state index in [2.05, 4.69) is 5.10 Å². The molecular formula is C15H14F2N2O. The first-order valence-corrected chi connectivity index (χ1v) is 6.08. The topological polar surface area (TPSA) is 34.9 Å². The molecular weight excluding hydrogens is 262 g/mol. The molecule has 0 radical (unpaired) electrons. The van der Waals surface area contributed by atoms with E-state index in [1.165, 1.54) is 24.3 Å². The molecule has 1 aromatic carbocycles. The summed E-state index contributed by atoms with van der Waals surface area (Å²) in [6.07, 6.45) is 2.50. The molecule has 0 fully saturated rings. The zero-order chi connectivity index (χ0) is 14.9. The van der Waals surface area contributed by atoms with E-state index >= 15 is 0 Å². The van der Waals surface area contributed by atoms with Gasteiger partial charge in [-0.3, -0.25) is 9.48 Å². The van der Waals surface area contributed by atoms with Crippen LogP contribution in [-0.2, 0) is 7.05 Å². The lowest BCUT2D eigenvalue weighted by molar-refractivity contribution is 0.104. The van der Waals surface area contributed by atoms with E-state index < -0.39 is 11.6 Å². The van der Waals surface area contributed by atoms with Gasteiger partial charge in [0.25, 0.3) is 0 Å². The van der Waals surface area contributed by atoms with Gasteiger partial charge in [-0.1, -0.05) is 12.1 Å². The van der Waals surface area contributed by atoms with Gasteiger partial charge in [-0.25, -0.2) is 8.78 Å². The van der Waals surface area contributed by atoms with Gasteiger partial charge < -0.3 is 0 Å². The van der Waals surface area contributed by atoms with E-state index in [1.807, 2.05) is 0 Å². The summed E-state index contributed by atoms with van der Waals surface area (Å²) in [5.41, 5.74) is 1.87. The molecule has 0 atom stereocenters. The van der Waals surface area contributed by atoms with E-state index in [0.29, 0.717) is 11.3 Å². The minimum atomic E-state index is -0.962. The summed E-state index contributed by atoms with van der Waals surface area (Å²) in [6.45, 7) is 3.51. The Bertz CT molecular complexity index is 702. The third-order valence-electron chi connectivity index (χ3n) is 3.15. The zero-order valence-electron chi connectivity index (χ0n) is 11.4. The highest BCUT2D eigenvalue weighted by Crippen LogP contribution is 2.16. The third-order valence-corrected chi connectivity index (χ3v) is 3.15. The standard InChI is InChI=1S/C15H14F2N2O/c1-9-14(10(2)19(3)18-9)13(20)8-7-11-5-4-6-12(16)15(11)17/h4-8H,1-3H3/b8-7+. The highest BCUT2D eigenvalue weighted by molar-refractivity contribution is 6.08. The van der Waals surface area contributed by atoms with Crippen molar-refractivity contribution in [1.29, 1.82) is 0 Å². The molecule has 1 aromatic heterocycles. The third kappa shape index (κ3) is 2.52. The Balaban J connectivity index is 2.32. The molecule has 0 aliphatic heterocycles. The van der Waals surface area contributed by atoms with E-state index in [-0.39, 0.29) is 11.3 Å². The van der Waals surface area contributed by atoms with Crippen molar-refractivity contribution in [2.75, 3.05) is 0 Å². The van der Waals surface area contributed by atoms with Gasteiger partial charge >= 0.3 is 0 Å². The lowest BCUT2D eigenvalue weighted by atomic mass is 10.1. The van der Waals surface area contributed by atoms with Crippen LogP contribution in [0.5, 0.6) is 0 Å². The summed E-state index contributed by atoms with van der Waals surface area (Å²) in [5.74, 6) is -2.18. The number of halogens is 2. The minimum Gasteiger partial charge on any atom is -0.289 e. The smallest absolute Gasteiger partial charge is 0.189 e. The van der Waals surface area contributed by atoms with Crippen LogP contribution in [0.4, 0.5) is 8.78 Å². The van der Waals surface area contributed by atoms with Gasteiger partial charge in [0.15, 0.2) is 17.4 Å². The van der Waals surface area contributed by atoms with Crippen LogP contribution in [0.3, 0.4) is 0 Å². The van der Waals surface area contributed by atoms with Crippen molar-refractivity contribution in [3.8, 4) is 0 Å². The quantitative estimate of drug-likeness (QED) is 0.637. The number of allylic oxidation sites excluding steroid dienone is 1. The minimum absolute atomic E-state index is 0.0394. The molecule has 0 amide bonds. The molecule has 0 saturated heterocycles. The highest BCUT2D eigenvalue weighted by Gasteiger charge is 2.15. The molecule has 0 aliphatic rings. The van der Waals surface area contributed by atoms with Crippen LogP contribution in [-0.4, -0.2) is 15.6 Å². The van der Waals surface area contributed by atoms with Gasteiger partial charge in [-0.15, -0.1) is 0 Å². The van der Waals surface area contributed by atoms with Crippen molar-refractivity contribution in [2.45, 2.75) is 13.8 Å². The Hall–Kier alpha value is -2.30. The van der Waals surface area contributed by atoms with Crippen LogP contribution >= 0.6 is 0 Å². The normalized spacial score (nSPS) is 11.2. The van der Waals surface area contributed by atoms with Crippen LogP contribution in [0.2, 0.25) is 0 Å². The van der Waals surface area contributed by atoms with Crippen molar-refractivity contribution in [3.05, 3.63) is 58.4 Å². The van der Waals surface area contributed by atoms with Gasteiger partial charge in [0.2, 0.25) is 0 Å². The Kier molecular flexibility index (Phi) is 3.79. The molecule has 0 spiro atoms. The predicted molar refractivity (Wildman–Crippen MR) is 72.4 cm³/mol. The summed E-state index contributed by atoms with van der Waals surface area (Å²) in [5, 5.41) is 4.15. The van der Waals surface area contributed by atoms with Gasteiger partial charge in [0.1, 0.15) is 0 Å². The van der Waals surface area contributed by atoms with Crippen LogP contribution in [0, 0.1) is 25.5 Å². The molecule has 5 heteroatoms. The van der Waals surface area contributed by atoms with E-state index in [9.17, 15) is 13.6 Å². The summed E-state index contributed by atoms with van der Waals surface area (Å²) >= 11 is 0. The second kappa shape index (κ2) is 5.36. The van der Waals surface area contributed by atoms with Gasteiger partial charge in [0.05, 0.1) is 11.3 Å². The summed E-state index contributed by atoms with van der Waals surface area (Å²) in [7, 11) is 1.75. The van der Waals surface area contributed by atoms with E-state index in [4.69, 9.17) is 0 Å². The molecule has 0 unspecified atom stereocenters. The second-order valence-corrected chi connectivity index (χ2v) is 4.51. The molecule has 0 saturated carbocycles. The number of benzene rings is 1. The van der Waals surface area contributed by atoms with Gasteiger partial charge in [-0.2, -0.15) is 5.10 Å². The fourth-order valence-electron chi connectivity index (χ4n) is 2.03. The molecule has 2 rings (SSSR count). The maximum absolute atomic E-state index is 13.5. The molecule has 104 valence electrons. The molecule has 0 aliphatic carbocycles. The Morgan fingerprint density at radius 1 is 1.30 bits per heavy atom. The van der Waals surface area contributed by atoms with Crippen LogP contribution in [0.25, 0.3) is 6.08 Å². The fraction of sp³-hybridized carbons (Fsp3) is 0.200. The fourth-order valence-corrected chi connectivity index (χ4v) is 2.03. The van der Waals surface area contributed by atoms with E-state index in [0.717, 1.165) is 11.8 Å². The number of hydrogen-bond acceptors (Lipinski definition) is 2. The Morgan fingerprint density at radius 3 is 2.60 bits per heavy atom. The highest BCUT2D eigenvalue weighted by atomic mass is 19.2. The summed E-state index contributed by atoms with van der Waals surface area (Å²) in [4.78, 5) is 12.1. The van der Waals surface area contributed by atoms with Crippen LogP contribution in [0.15, 0.2) is 24.3 Å². The number of aryl methyl sites for hydroxylation is 2. The molecule has 1 heterocycles. The van der Waals surface area contributed by atoms with Crippen molar-refractivity contribution in [3.63, 3.8) is 0 Å². The zero-order valence-corrected chi connectivity index (χ0v) is 11.4. The van der Waals surface area contributed by atoms with Crippen molar-refractivity contribution in [1.82, 2.24) is 9.78 Å². The molecule has 20 heavy (non-hydrogen) atoms. The monoisotopic (exact) mass is 276 g/mol. The van der Waals surface area contributed by atoms with E-state index in [1.54, 1.807) is 25.6 Å². The largest absolute Gasteiger partial charge is 0.289 e. The Morgan fingerprint density at radius 2 is 2.00 bits per heavy atom. The molecule has 0 bridgehead atoms. The Labute approximate surface area is 115 Å². The molecule has 0 N–H and O–H groups in total. The first-order valence-electron chi connectivity index (χ1n) is 6.08. The number of carbonyl (C=O) groups is 1. The number of carbonyl (C=O) groups excluding carboxylic acids is 1. The van der Waals surface area contributed by atoms with Crippen molar-refractivity contribution >= 4 is 11.9 Å².